The van der Waals surface area contributed by atoms with E-state index in [0.29, 0.717) is 13.2 Å². The van der Waals surface area contributed by atoms with E-state index in [9.17, 15) is 4.57 Å². The van der Waals surface area contributed by atoms with E-state index >= 15 is 0 Å². The molecule has 0 atom stereocenters. The van der Waals surface area contributed by atoms with Crippen molar-refractivity contribution in [3.63, 3.8) is 0 Å². The Labute approximate surface area is 96.5 Å². The Hall–Kier alpha value is 0.640. The molecule has 0 aromatic carbocycles. The summed E-state index contributed by atoms with van der Waals surface area (Å²) in [6.07, 6.45) is -0.172. The van der Waals surface area contributed by atoms with Crippen molar-refractivity contribution in [2.24, 2.45) is 0 Å². The second-order valence-corrected chi connectivity index (χ2v) is 3.82. The van der Waals surface area contributed by atoms with Gasteiger partial charge in [0.05, 0.1) is 19.3 Å². The third-order valence-electron chi connectivity index (χ3n) is 0.916. The Kier molecular flexibility index (Phi) is 10.4. The first-order valence-corrected chi connectivity index (χ1v) is 5.16. The molecular formula is C6H13NNaO3P. The van der Waals surface area contributed by atoms with Crippen molar-refractivity contribution < 1.29 is 44.6 Å². The summed E-state index contributed by atoms with van der Waals surface area (Å²) in [6.45, 7) is 4.03. The van der Waals surface area contributed by atoms with Crippen LogP contribution < -0.4 is 29.6 Å². The van der Waals surface area contributed by atoms with Gasteiger partial charge in [0, 0.05) is 0 Å². The summed E-state index contributed by atoms with van der Waals surface area (Å²) >= 11 is 0. The molecule has 0 heterocycles. The topological polar surface area (TPSA) is 59.3 Å². The zero-order valence-corrected chi connectivity index (χ0v) is 10.6. The van der Waals surface area contributed by atoms with Crippen LogP contribution in [-0.4, -0.2) is 19.4 Å². The monoisotopic (exact) mass is 201 g/mol. The van der Waals surface area contributed by atoms with E-state index in [1.807, 2.05) is 0 Å². The van der Waals surface area contributed by atoms with Gasteiger partial charge in [-0.2, -0.15) is 5.26 Å². The minimum absolute atomic E-state index is 0. The van der Waals surface area contributed by atoms with Gasteiger partial charge in [-0.15, -0.1) is 0 Å². The maximum absolute atomic E-state index is 11.3. The summed E-state index contributed by atoms with van der Waals surface area (Å²) in [5.74, 6) is 0. The Morgan fingerprint density at radius 3 is 2.08 bits per heavy atom. The second kappa shape index (κ2) is 8.25. The molecule has 0 aliphatic heterocycles. The standard InChI is InChI=1S/C6H12NO3P.Na.H/c1-3-9-11(8,6-5-7)10-4-2;;/h3-4,6H2,1-2H3;;/q;+1;-1. The Morgan fingerprint density at radius 2 is 1.83 bits per heavy atom. The summed E-state index contributed by atoms with van der Waals surface area (Å²) in [7, 11) is -3.08. The minimum Gasteiger partial charge on any atom is -1.00 e. The van der Waals surface area contributed by atoms with Crippen molar-refractivity contribution >= 4 is 7.60 Å². The fourth-order valence-electron chi connectivity index (χ4n) is 0.609. The smallest absolute Gasteiger partial charge is 1.00 e. The molecule has 66 valence electrons. The first-order valence-electron chi connectivity index (χ1n) is 3.43. The van der Waals surface area contributed by atoms with E-state index in [0.717, 1.165) is 0 Å². The molecule has 0 saturated carbocycles. The van der Waals surface area contributed by atoms with Crippen molar-refractivity contribution in [2.75, 3.05) is 19.4 Å². The van der Waals surface area contributed by atoms with Gasteiger partial charge in [-0.05, 0) is 13.8 Å². The van der Waals surface area contributed by atoms with E-state index in [4.69, 9.17) is 14.3 Å². The molecule has 6 heteroatoms. The van der Waals surface area contributed by atoms with Crippen molar-refractivity contribution in [1.82, 2.24) is 0 Å². The molecule has 0 amide bonds. The van der Waals surface area contributed by atoms with Gasteiger partial charge in [0.15, 0.2) is 0 Å². The van der Waals surface area contributed by atoms with Gasteiger partial charge in [0.2, 0.25) is 0 Å². The predicted octanol–water partition coefficient (Wildman–Crippen LogP) is -1.11. The van der Waals surface area contributed by atoms with E-state index in [2.05, 4.69) is 0 Å². The Balaban J connectivity index is -0.000000500. The maximum atomic E-state index is 11.3. The fraction of sp³-hybridized carbons (Fsp3) is 0.833. The quantitative estimate of drug-likeness (QED) is 0.418. The molecule has 12 heavy (non-hydrogen) atoms. The SMILES string of the molecule is CCOP(=O)(CC#N)OCC.[H-].[Na+]. The van der Waals surface area contributed by atoms with Crippen LogP contribution in [0.15, 0.2) is 0 Å². The number of nitriles is 1. The molecule has 0 N–H and O–H groups in total. The third-order valence-corrected chi connectivity index (χ3v) is 2.75. The van der Waals surface area contributed by atoms with Crippen LogP contribution in [0.3, 0.4) is 0 Å². The van der Waals surface area contributed by atoms with Gasteiger partial charge in [0.1, 0.15) is 6.16 Å². The van der Waals surface area contributed by atoms with E-state index in [-0.39, 0.29) is 37.1 Å². The van der Waals surface area contributed by atoms with Gasteiger partial charge in [0.25, 0.3) is 0 Å². The summed E-state index contributed by atoms with van der Waals surface area (Å²) in [5.41, 5.74) is 0. The third kappa shape index (κ3) is 6.19. The molecule has 0 saturated heterocycles. The Morgan fingerprint density at radius 1 is 1.42 bits per heavy atom. The molecule has 0 fully saturated rings. The minimum atomic E-state index is -3.08. The normalized spacial score (nSPS) is 10.1. The van der Waals surface area contributed by atoms with E-state index in [1.54, 1.807) is 19.9 Å². The zero-order valence-electron chi connectivity index (χ0n) is 8.74. The first kappa shape index (κ1) is 15.1. The van der Waals surface area contributed by atoms with Crippen LogP contribution in [0.4, 0.5) is 0 Å². The average Bonchev–Trinajstić information content (AvgIpc) is 1.88. The van der Waals surface area contributed by atoms with Crippen LogP contribution >= 0.6 is 7.60 Å². The van der Waals surface area contributed by atoms with Crippen LogP contribution in [0.1, 0.15) is 15.3 Å². The average molecular weight is 201 g/mol. The zero-order chi connectivity index (χ0) is 8.74. The molecular weight excluding hydrogens is 188 g/mol. The maximum Gasteiger partial charge on any atom is 1.00 e. The van der Waals surface area contributed by atoms with Crippen LogP contribution in [0.5, 0.6) is 0 Å². The molecule has 0 radical (unpaired) electrons. The predicted molar refractivity (Wildman–Crippen MR) is 42.5 cm³/mol. The van der Waals surface area contributed by atoms with Crippen LogP contribution in [0.25, 0.3) is 0 Å². The first-order chi connectivity index (χ1) is 5.18. The van der Waals surface area contributed by atoms with Crippen LogP contribution in [0.2, 0.25) is 0 Å². The van der Waals surface area contributed by atoms with Gasteiger partial charge < -0.3 is 10.5 Å². The largest absolute Gasteiger partial charge is 1.00 e. The van der Waals surface area contributed by atoms with Crippen molar-refractivity contribution in [3.05, 3.63) is 0 Å². The number of hydrogen-bond acceptors (Lipinski definition) is 4. The summed E-state index contributed by atoms with van der Waals surface area (Å²) < 4.78 is 21.0. The molecule has 0 aromatic rings. The summed E-state index contributed by atoms with van der Waals surface area (Å²) in [5, 5.41) is 8.27. The molecule has 0 aromatic heterocycles. The molecule has 0 unspecified atom stereocenters. The summed E-state index contributed by atoms with van der Waals surface area (Å²) in [6, 6.07) is 1.76. The molecule has 0 aliphatic carbocycles. The molecule has 0 bridgehead atoms. The van der Waals surface area contributed by atoms with Crippen LogP contribution in [0, 0.1) is 11.3 Å². The second-order valence-electron chi connectivity index (χ2n) is 1.76. The molecule has 4 nitrogen and oxygen atoms in total. The summed E-state index contributed by atoms with van der Waals surface area (Å²) in [4.78, 5) is 0. The van der Waals surface area contributed by atoms with Crippen molar-refractivity contribution in [3.8, 4) is 6.07 Å². The fourth-order valence-corrected chi connectivity index (χ4v) is 1.83. The van der Waals surface area contributed by atoms with Crippen molar-refractivity contribution in [1.29, 1.82) is 5.26 Å². The number of rotatable bonds is 5. The van der Waals surface area contributed by atoms with Gasteiger partial charge in [-0.3, -0.25) is 4.57 Å². The Bertz CT molecular complexity index is 187. The van der Waals surface area contributed by atoms with Gasteiger partial charge in [-0.25, -0.2) is 0 Å². The number of hydrogen-bond donors (Lipinski definition) is 0. The van der Waals surface area contributed by atoms with Crippen molar-refractivity contribution in [2.45, 2.75) is 13.8 Å². The number of nitrogens with zero attached hydrogens (tertiary/aromatic N) is 1. The molecule has 0 rings (SSSR count). The van der Waals surface area contributed by atoms with E-state index in [1.165, 1.54) is 0 Å². The van der Waals surface area contributed by atoms with Gasteiger partial charge in [-0.1, -0.05) is 0 Å². The van der Waals surface area contributed by atoms with E-state index < -0.39 is 7.60 Å². The van der Waals surface area contributed by atoms with Crippen LogP contribution in [-0.2, 0) is 13.6 Å². The molecule has 0 aliphatic rings. The molecule has 0 spiro atoms. The van der Waals surface area contributed by atoms with Gasteiger partial charge >= 0.3 is 37.2 Å².